The van der Waals surface area contributed by atoms with E-state index in [0.29, 0.717) is 42.1 Å². The number of benzene rings is 1. The molecule has 0 bridgehead atoms. The number of amides is 1. The molecule has 1 aromatic heterocycles. The summed E-state index contributed by atoms with van der Waals surface area (Å²) in [5.41, 5.74) is 0.543. The van der Waals surface area contributed by atoms with E-state index < -0.39 is 10.0 Å². The van der Waals surface area contributed by atoms with Crippen molar-refractivity contribution in [2.45, 2.75) is 56.0 Å². The van der Waals surface area contributed by atoms with Gasteiger partial charge in [-0.3, -0.25) is 4.79 Å². The van der Waals surface area contributed by atoms with Crippen molar-refractivity contribution < 1.29 is 13.2 Å². The first-order chi connectivity index (χ1) is 15.4. The number of aromatic nitrogens is 3. The first kappa shape index (κ1) is 24.5. The Hall–Kier alpha value is -2.11. The second-order valence-corrected chi connectivity index (χ2v) is 10.8. The molecule has 32 heavy (non-hydrogen) atoms. The van der Waals surface area contributed by atoms with E-state index in [1.54, 1.807) is 38.1 Å². The van der Waals surface area contributed by atoms with Crippen molar-refractivity contribution in [1.29, 1.82) is 0 Å². The molecule has 0 spiro atoms. The predicted octanol–water partition coefficient (Wildman–Crippen LogP) is 2.48. The van der Waals surface area contributed by atoms with Crippen LogP contribution in [-0.4, -0.2) is 58.9 Å². The topological polar surface area (TPSA) is 123 Å². The SMILES string of the molecule is CCN(CC)S(=O)(=O)c1cccc(-c2nnc(SCC(=O)NCC3CCCCC3)n2N)c1. The number of rotatable bonds is 10. The van der Waals surface area contributed by atoms with Gasteiger partial charge in [0.05, 0.1) is 10.6 Å². The molecule has 0 aliphatic heterocycles. The van der Waals surface area contributed by atoms with Crippen molar-refractivity contribution >= 4 is 27.7 Å². The number of nitrogens with one attached hydrogen (secondary N) is 1. The van der Waals surface area contributed by atoms with Crippen LogP contribution in [0.3, 0.4) is 0 Å². The fourth-order valence-corrected chi connectivity index (χ4v) is 6.10. The lowest BCUT2D eigenvalue weighted by molar-refractivity contribution is -0.118. The van der Waals surface area contributed by atoms with Crippen molar-refractivity contribution in [3.8, 4) is 11.4 Å². The number of carbonyl (C=O) groups excluding carboxylic acids is 1. The summed E-state index contributed by atoms with van der Waals surface area (Å²) >= 11 is 1.20. The molecular formula is C21H32N6O3S2. The van der Waals surface area contributed by atoms with Gasteiger partial charge in [0.25, 0.3) is 0 Å². The number of hydrogen-bond donors (Lipinski definition) is 2. The van der Waals surface area contributed by atoms with E-state index in [1.165, 1.54) is 52.8 Å². The zero-order valence-electron chi connectivity index (χ0n) is 18.7. The summed E-state index contributed by atoms with van der Waals surface area (Å²) in [5, 5.41) is 11.6. The van der Waals surface area contributed by atoms with Crippen molar-refractivity contribution in [3.63, 3.8) is 0 Å². The van der Waals surface area contributed by atoms with Crippen LogP contribution in [0.2, 0.25) is 0 Å². The molecule has 1 fully saturated rings. The molecule has 1 aliphatic rings. The first-order valence-corrected chi connectivity index (χ1v) is 13.5. The van der Waals surface area contributed by atoms with Crippen LogP contribution >= 0.6 is 11.8 Å². The molecule has 0 radical (unpaired) electrons. The molecule has 1 aliphatic carbocycles. The number of carbonyl (C=O) groups is 1. The van der Waals surface area contributed by atoms with Gasteiger partial charge < -0.3 is 11.2 Å². The van der Waals surface area contributed by atoms with Crippen LogP contribution in [0.5, 0.6) is 0 Å². The standard InChI is InChI=1S/C21H32N6O3S2/c1-3-26(4-2)32(29,30)18-12-8-11-17(13-18)20-24-25-21(27(20)22)31-15-19(28)23-14-16-9-6-5-7-10-16/h8,11-13,16H,3-7,9-10,14-15,22H2,1-2H3,(H,23,28). The van der Waals surface area contributed by atoms with E-state index in [-0.39, 0.29) is 16.6 Å². The maximum atomic E-state index is 12.8. The van der Waals surface area contributed by atoms with E-state index in [4.69, 9.17) is 5.84 Å². The number of nitrogen functional groups attached to an aromatic ring is 1. The van der Waals surface area contributed by atoms with Crippen LogP contribution < -0.4 is 11.2 Å². The van der Waals surface area contributed by atoms with Crippen molar-refractivity contribution in [3.05, 3.63) is 24.3 Å². The van der Waals surface area contributed by atoms with Crippen molar-refractivity contribution in [2.75, 3.05) is 31.2 Å². The zero-order valence-corrected chi connectivity index (χ0v) is 20.3. The zero-order chi connectivity index (χ0) is 23.1. The fraction of sp³-hybridized carbons (Fsp3) is 0.571. The quantitative estimate of drug-likeness (QED) is 0.395. The lowest BCUT2D eigenvalue weighted by Crippen LogP contribution is -2.31. The van der Waals surface area contributed by atoms with E-state index in [0.717, 1.165) is 0 Å². The van der Waals surface area contributed by atoms with Gasteiger partial charge in [-0.05, 0) is 30.9 Å². The van der Waals surface area contributed by atoms with Crippen LogP contribution in [0.15, 0.2) is 34.3 Å². The second-order valence-electron chi connectivity index (χ2n) is 7.89. The first-order valence-electron chi connectivity index (χ1n) is 11.1. The van der Waals surface area contributed by atoms with Gasteiger partial charge in [-0.2, -0.15) is 4.31 Å². The van der Waals surface area contributed by atoms with Crippen LogP contribution in [0.25, 0.3) is 11.4 Å². The lowest BCUT2D eigenvalue weighted by Gasteiger charge is -2.21. The fourth-order valence-electron chi connectivity index (χ4n) is 3.91. The van der Waals surface area contributed by atoms with Gasteiger partial charge in [-0.25, -0.2) is 13.1 Å². The summed E-state index contributed by atoms with van der Waals surface area (Å²) in [6.07, 6.45) is 6.13. The van der Waals surface area contributed by atoms with Gasteiger partial charge in [-0.1, -0.05) is 57.0 Å². The van der Waals surface area contributed by atoms with E-state index in [2.05, 4.69) is 15.5 Å². The lowest BCUT2D eigenvalue weighted by atomic mass is 9.89. The Morgan fingerprint density at radius 2 is 1.94 bits per heavy atom. The summed E-state index contributed by atoms with van der Waals surface area (Å²) in [5.74, 6) is 7.21. The monoisotopic (exact) mass is 480 g/mol. The van der Waals surface area contributed by atoms with Gasteiger partial charge in [-0.15, -0.1) is 10.2 Å². The average Bonchev–Trinajstić information content (AvgIpc) is 3.18. The summed E-state index contributed by atoms with van der Waals surface area (Å²) < 4.78 is 28.3. The molecule has 0 saturated heterocycles. The van der Waals surface area contributed by atoms with Crippen molar-refractivity contribution in [1.82, 2.24) is 24.5 Å². The molecule has 176 valence electrons. The summed E-state index contributed by atoms with van der Waals surface area (Å²) in [4.78, 5) is 12.4. The number of nitrogens with zero attached hydrogens (tertiary/aromatic N) is 4. The molecule has 3 rings (SSSR count). The third-order valence-corrected chi connectivity index (χ3v) is 8.73. The highest BCUT2D eigenvalue weighted by Gasteiger charge is 2.23. The van der Waals surface area contributed by atoms with Gasteiger partial charge >= 0.3 is 0 Å². The molecule has 1 amide bonds. The van der Waals surface area contributed by atoms with Gasteiger partial charge in [0.1, 0.15) is 0 Å². The molecule has 1 saturated carbocycles. The van der Waals surface area contributed by atoms with Gasteiger partial charge in [0.15, 0.2) is 5.82 Å². The minimum atomic E-state index is -3.60. The Labute approximate surface area is 194 Å². The van der Waals surface area contributed by atoms with Crippen LogP contribution in [0.1, 0.15) is 46.0 Å². The summed E-state index contributed by atoms with van der Waals surface area (Å²) in [6, 6.07) is 6.50. The van der Waals surface area contributed by atoms with Crippen LogP contribution in [0, 0.1) is 5.92 Å². The Morgan fingerprint density at radius 1 is 1.22 bits per heavy atom. The maximum absolute atomic E-state index is 12.8. The van der Waals surface area contributed by atoms with Gasteiger partial charge in [0, 0.05) is 25.2 Å². The van der Waals surface area contributed by atoms with Crippen molar-refractivity contribution in [2.24, 2.45) is 5.92 Å². The minimum absolute atomic E-state index is 0.0579. The summed E-state index contributed by atoms with van der Waals surface area (Å²) in [6.45, 7) is 5.10. The van der Waals surface area contributed by atoms with Gasteiger partial charge in [0.2, 0.25) is 21.1 Å². The normalized spacial score (nSPS) is 15.2. The average molecular weight is 481 g/mol. The molecule has 1 aromatic carbocycles. The third kappa shape index (κ3) is 5.81. The third-order valence-electron chi connectivity index (χ3n) is 5.74. The molecule has 9 nitrogen and oxygen atoms in total. The largest absolute Gasteiger partial charge is 0.355 e. The number of sulfonamides is 1. The second kappa shape index (κ2) is 11.2. The van der Waals surface area contributed by atoms with E-state index in [9.17, 15) is 13.2 Å². The Kier molecular flexibility index (Phi) is 8.55. The van der Waals surface area contributed by atoms with Crippen LogP contribution in [0.4, 0.5) is 0 Å². The molecule has 1 heterocycles. The predicted molar refractivity (Wildman–Crippen MR) is 126 cm³/mol. The Morgan fingerprint density at radius 3 is 2.62 bits per heavy atom. The smallest absolute Gasteiger partial charge is 0.243 e. The maximum Gasteiger partial charge on any atom is 0.243 e. The highest BCUT2D eigenvalue weighted by atomic mass is 32.2. The summed E-state index contributed by atoms with van der Waals surface area (Å²) in [7, 11) is -3.60. The number of thioether (sulfide) groups is 1. The van der Waals surface area contributed by atoms with E-state index >= 15 is 0 Å². The Bertz CT molecular complexity index is 1010. The molecule has 3 N–H and O–H groups in total. The molecule has 0 atom stereocenters. The number of nitrogens with two attached hydrogens (primary N) is 1. The molecule has 0 unspecified atom stereocenters. The molecule has 11 heteroatoms. The Balaban J connectivity index is 1.65. The van der Waals surface area contributed by atoms with Crippen LogP contribution in [-0.2, 0) is 14.8 Å². The highest BCUT2D eigenvalue weighted by molar-refractivity contribution is 7.99. The highest BCUT2D eigenvalue weighted by Crippen LogP contribution is 2.25. The minimum Gasteiger partial charge on any atom is -0.355 e. The number of hydrogen-bond acceptors (Lipinski definition) is 7. The molecule has 2 aromatic rings. The van der Waals surface area contributed by atoms with E-state index in [1.807, 2.05) is 0 Å². The molecular weight excluding hydrogens is 448 g/mol.